The second kappa shape index (κ2) is 8.74. The Labute approximate surface area is 135 Å². The Bertz CT molecular complexity index is 345. The molecule has 0 spiro atoms. The molecule has 1 atom stereocenters. The van der Waals surface area contributed by atoms with Crippen LogP contribution in [0.15, 0.2) is 24.4 Å². The summed E-state index contributed by atoms with van der Waals surface area (Å²) in [6.07, 6.45) is 4.44. The number of nitrogens with zero attached hydrogens (tertiary/aromatic N) is 3. The van der Waals surface area contributed by atoms with Crippen molar-refractivity contribution in [2.75, 3.05) is 44.7 Å². The van der Waals surface area contributed by atoms with Crippen molar-refractivity contribution >= 4 is 5.82 Å². The second-order valence-electron chi connectivity index (χ2n) is 5.32. The first-order valence-corrected chi connectivity index (χ1v) is 6.73. The summed E-state index contributed by atoms with van der Waals surface area (Å²) in [4.78, 5) is 6.89. The van der Waals surface area contributed by atoms with E-state index in [9.17, 15) is 0 Å². The molecule has 19 heavy (non-hydrogen) atoms. The maximum absolute atomic E-state index is 4.46. The molecule has 110 valence electrons. The summed E-state index contributed by atoms with van der Waals surface area (Å²) in [5, 5.41) is 0. The molecule has 3 nitrogen and oxygen atoms in total. The fraction of sp³-hybridized carbons (Fsp3) is 0.667. The van der Waals surface area contributed by atoms with Crippen molar-refractivity contribution in [3.8, 4) is 0 Å². The van der Waals surface area contributed by atoms with E-state index in [1.165, 1.54) is 37.0 Å². The zero-order valence-corrected chi connectivity index (χ0v) is 13.6. The van der Waals surface area contributed by atoms with Gasteiger partial charge in [-0.1, -0.05) is 20.4 Å². The lowest BCUT2D eigenvalue weighted by Crippen LogP contribution is -3.00. The number of hydrogen-bond donors (Lipinski definition) is 0. The molecule has 2 rings (SSSR count). The minimum absolute atomic E-state index is 0. The molecule has 2 heterocycles. The molecule has 0 saturated carbocycles. The molecular weight excluding hydrogens is 349 g/mol. The zero-order valence-electron chi connectivity index (χ0n) is 11.5. The van der Waals surface area contributed by atoms with E-state index in [0.717, 1.165) is 18.9 Å². The number of likely N-dealkylation sites (N-methyl/N-ethyl adjacent to an activating group) is 1. The van der Waals surface area contributed by atoms with Gasteiger partial charge in [-0.25, -0.2) is 4.98 Å². The van der Waals surface area contributed by atoms with Gasteiger partial charge in [0.1, 0.15) is 5.82 Å². The van der Waals surface area contributed by atoms with Crippen molar-refractivity contribution in [3.05, 3.63) is 24.4 Å². The smallest absolute Gasteiger partial charge is 0.128 e. The first-order valence-electron chi connectivity index (χ1n) is 6.73. The van der Waals surface area contributed by atoms with Crippen LogP contribution in [0.3, 0.4) is 0 Å². The molecule has 4 heteroatoms. The van der Waals surface area contributed by atoms with Gasteiger partial charge in [-0.15, -0.1) is 0 Å². The highest BCUT2D eigenvalue weighted by molar-refractivity contribution is 5.37. The standard InChI is InChI=1S/C14H24N3.CH4.HI/c1-3-11-17(2)12-6-9-16(10-13-17)14-7-4-5-8-15-14;;/h4-5,7-8H,3,6,9-13H2,1-2H3;1H4;1H/q+1;;/p-1. The van der Waals surface area contributed by atoms with E-state index < -0.39 is 0 Å². The van der Waals surface area contributed by atoms with Crippen LogP contribution < -0.4 is 28.9 Å². The second-order valence-corrected chi connectivity index (χ2v) is 5.32. The van der Waals surface area contributed by atoms with Gasteiger partial charge < -0.3 is 33.4 Å². The maximum atomic E-state index is 4.46. The third-order valence-corrected chi connectivity index (χ3v) is 3.77. The lowest BCUT2D eigenvalue weighted by atomic mass is 10.3. The van der Waals surface area contributed by atoms with E-state index in [-0.39, 0.29) is 31.4 Å². The van der Waals surface area contributed by atoms with Crippen molar-refractivity contribution in [3.63, 3.8) is 0 Å². The number of rotatable bonds is 3. The summed E-state index contributed by atoms with van der Waals surface area (Å²) < 4.78 is 1.22. The van der Waals surface area contributed by atoms with Gasteiger partial charge in [0.05, 0.1) is 33.2 Å². The van der Waals surface area contributed by atoms with Gasteiger partial charge in [0.15, 0.2) is 0 Å². The fourth-order valence-electron chi connectivity index (χ4n) is 2.76. The number of hydrogen-bond acceptors (Lipinski definition) is 2. The van der Waals surface area contributed by atoms with Crippen molar-refractivity contribution in [2.24, 2.45) is 0 Å². The Morgan fingerprint density at radius 3 is 2.68 bits per heavy atom. The molecule has 1 unspecified atom stereocenters. The van der Waals surface area contributed by atoms with E-state index in [2.05, 4.69) is 36.0 Å². The number of halogens is 1. The topological polar surface area (TPSA) is 16.1 Å². The molecule has 1 aliphatic rings. The Morgan fingerprint density at radius 2 is 2.05 bits per heavy atom. The van der Waals surface area contributed by atoms with E-state index in [1.54, 1.807) is 0 Å². The molecule has 1 fully saturated rings. The average molecular weight is 377 g/mol. The monoisotopic (exact) mass is 377 g/mol. The van der Waals surface area contributed by atoms with Crippen LogP contribution in [0.25, 0.3) is 0 Å². The number of aromatic nitrogens is 1. The summed E-state index contributed by atoms with van der Waals surface area (Å²) >= 11 is 0. The van der Waals surface area contributed by atoms with Crippen LogP contribution in [0.1, 0.15) is 27.2 Å². The number of pyridine rings is 1. The van der Waals surface area contributed by atoms with E-state index in [0.29, 0.717) is 0 Å². The minimum atomic E-state index is 0. The van der Waals surface area contributed by atoms with Gasteiger partial charge in [0, 0.05) is 19.2 Å². The van der Waals surface area contributed by atoms with Crippen LogP contribution in [0.5, 0.6) is 0 Å². The van der Waals surface area contributed by atoms with Crippen LogP contribution in [-0.4, -0.2) is 49.2 Å². The first-order chi connectivity index (χ1) is 8.23. The normalized spacial score (nSPS) is 22.9. The van der Waals surface area contributed by atoms with Crippen molar-refractivity contribution in [1.29, 1.82) is 0 Å². The molecule has 0 aromatic carbocycles. The molecule has 0 N–H and O–H groups in total. The maximum Gasteiger partial charge on any atom is 0.128 e. The van der Waals surface area contributed by atoms with E-state index in [1.807, 2.05) is 12.3 Å². The Morgan fingerprint density at radius 1 is 1.26 bits per heavy atom. The molecule has 1 saturated heterocycles. The molecular formula is C15H28IN3. The number of quaternary nitrogens is 1. The number of anilines is 1. The highest BCUT2D eigenvalue weighted by atomic mass is 127. The molecule has 1 aliphatic heterocycles. The van der Waals surface area contributed by atoms with Gasteiger partial charge in [0.2, 0.25) is 0 Å². The van der Waals surface area contributed by atoms with Crippen LogP contribution in [0, 0.1) is 0 Å². The SMILES string of the molecule is C.CCC[N+]1(C)CCCN(c2ccccn2)CC1.[I-]. The summed E-state index contributed by atoms with van der Waals surface area (Å²) in [6.45, 7) is 8.41. The van der Waals surface area contributed by atoms with Gasteiger partial charge in [0.25, 0.3) is 0 Å². The van der Waals surface area contributed by atoms with Crippen molar-refractivity contribution in [2.45, 2.75) is 27.2 Å². The predicted molar refractivity (Wildman–Crippen MR) is 78.9 cm³/mol. The largest absolute Gasteiger partial charge is 1.00 e. The Kier molecular flexibility index (Phi) is 8.57. The third-order valence-electron chi connectivity index (χ3n) is 3.77. The quantitative estimate of drug-likeness (QED) is 0.536. The molecule has 0 radical (unpaired) electrons. The fourth-order valence-corrected chi connectivity index (χ4v) is 2.76. The minimum Gasteiger partial charge on any atom is -1.00 e. The van der Waals surface area contributed by atoms with Crippen molar-refractivity contribution < 1.29 is 28.5 Å². The van der Waals surface area contributed by atoms with E-state index >= 15 is 0 Å². The van der Waals surface area contributed by atoms with Gasteiger partial charge in [-0.3, -0.25) is 0 Å². The lowest BCUT2D eigenvalue weighted by molar-refractivity contribution is -0.907. The summed E-state index contributed by atoms with van der Waals surface area (Å²) in [5.74, 6) is 1.14. The Balaban J connectivity index is 0.00000162. The molecule has 0 amide bonds. The zero-order chi connectivity index (χ0) is 12.1. The summed E-state index contributed by atoms with van der Waals surface area (Å²) in [7, 11) is 2.39. The highest BCUT2D eigenvalue weighted by Crippen LogP contribution is 2.16. The van der Waals surface area contributed by atoms with Crippen LogP contribution >= 0.6 is 0 Å². The van der Waals surface area contributed by atoms with E-state index in [4.69, 9.17) is 0 Å². The van der Waals surface area contributed by atoms with Gasteiger partial charge in [-0.05, 0) is 18.6 Å². The molecule has 0 aliphatic carbocycles. The van der Waals surface area contributed by atoms with Gasteiger partial charge in [-0.2, -0.15) is 0 Å². The van der Waals surface area contributed by atoms with Crippen LogP contribution in [0.4, 0.5) is 5.82 Å². The lowest BCUT2D eigenvalue weighted by Gasteiger charge is -2.33. The van der Waals surface area contributed by atoms with Crippen LogP contribution in [0.2, 0.25) is 0 Å². The van der Waals surface area contributed by atoms with Gasteiger partial charge >= 0.3 is 0 Å². The Hall–Kier alpha value is -0.360. The summed E-state index contributed by atoms with van der Waals surface area (Å²) in [5.41, 5.74) is 0. The third kappa shape index (κ3) is 5.26. The molecule has 1 aromatic rings. The van der Waals surface area contributed by atoms with Crippen molar-refractivity contribution in [1.82, 2.24) is 4.98 Å². The highest BCUT2D eigenvalue weighted by Gasteiger charge is 2.25. The van der Waals surface area contributed by atoms with Crippen LogP contribution in [-0.2, 0) is 0 Å². The average Bonchev–Trinajstić information content (AvgIpc) is 2.53. The first kappa shape index (κ1) is 18.6. The summed E-state index contributed by atoms with van der Waals surface area (Å²) in [6, 6.07) is 6.18. The predicted octanol–water partition coefficient (Wildman–Crippen LogP) is -0.212. The molecule has 0 bridgehead atoms. The molecule has 1 aromatic heterocycles.